The summed E-state index contributed by atoms with van der Waals surface area (Å²) in [5, 5.41) is 13.7. The SMILES string of the molecule is Oc1ccc2[nH]cc(CCNc3cnco3)c2c1. The molecule has 92 valence electrons. The average Bonchev–Trinajstić information content (AvgIpc) is 2.99. The van der Waals surface area contributed by atoms with Crippen LogP contribution in [0.25, 0.3) is 10.9 Å². The first-order chi connectivity index (χ1) is 8.83. The van der Waals surface area contributed by atoms with E-state index in [1.54, 1.807) is 18.3 Å². The number of benzene rings is 1. The predicted octanol–water partition coefficient (Wildman–Crippen LogP) is 2.52. The molecule has 0 saturated carbocycles. The van der Waals surface area contributed by atoms with Gasteiger partial charge in [0.05, 0.1) is 6.20 Å². The molecule has 0 spiro atoms. The van der Waals surface area contributed by atoms with Gasteiger partial charge in [-0.05, 0) is 30.2 Å². The molecule has 0 amide bonds. The minimum absolute atomic E-state index is 0.284. The molecule has 18 heavy (non-hydrogen) atoms. The van der Waals surface area contributed by atoms with Crippen LogP contribution in [0.15, 0.2) is 41.4 Å². The number of rotatable bonds is 4. The number of phenolic OH excluding ortho intramolecular Hbond substituents is 1. The Hall–Kier alpha value is -2.43. The van der Waals surface area contributed by atoms with Crippen LogP contribution >= 0.6 is 0 Å². The second-order valence-corrected chi connectivity index (χ2v) is 4.09. The molecule has 0 unspecified atom stereocenters. The van der Waals surface area contributed by atoms with Gasteiger partial charge >= 0.3 is 0 Å². The number of H-pyrrole nitrogens is 1. The van der Waals surface area contributed by atoms with E-state index in [1.807, 2.05) is 12.3 Å². The Kier molecular flexibility index (Phi) is 2.64. The third-order valence-electron chi connectivity index (χ3n) is 2.88. The van der Waals surface area contributed by atoms with Crippen molar-refractivity contribution in [1.29, 1.82) is 0 Å². The zero-order valence-corrected chi connectivity index (χ0v) is 9.68. The van der Waals surface area contributed by atoms with Crippen LogP contribution in [-0.2, 0) is 6.42 Å². The van der Waals surface area contributed by atoms with Crippen LogP contribution in [-0.4, -0.2) is 21.6 Å². The summed E-state index contributed by atoms with van der Waals surface area (Å²) < 4.78 is 5.09. The van der Waals surface area contributed by atoms with Crippen LogP contribution in [0.2, 0.25) is 0 Å². The Bertz CT molecular complexity index is 643. The molecule has 0 fully saturated rings. The summed E-state index contributed by atoms with van der Waals surface area (Å²) in [6, 6.07) is 5.32. The van der Waals surface area contributed by atoms with Crippen molar-refractivity contribution in [3.05, 3.63) is 42.5 Å². The van der Waals surface area contributed by atoms with Crippen molar-refractivity contribution in [3.63, 3.8) is 0 Å². The lowest BCUT2D eigenvalue weighted by Gasteiger charge is -2.01. The van der Waals surface area contributed by atoms with Crippen molar-refractivity contribution in [2.75, 3.05) is 11.9 Å². The summed E-state index contributed by atoms with van der Waals surface area (Å²) in [5.41, 5.74) is 2.19. The van der Waals surface area contributed by atoms with Crippen LogP contribution in [0.1, 0.15) is 5.56 Å². The lowest BCUT2D eigenvalue weighted by molar-refractivity contribution is 0.476. The van der Waals surface area contributed by atoms with Gasteiger partial charge in [0.1, 0.15) is 5.75 Å². The zero-order valence-electron chi connectivity index (χ0n) is 9.68. The number of nitrogens with one attached hydrogen (secondary N) is 2. The zero-order chi connectivity index (χ0) is 12.4. The number of nitrogens with zero attached hydrogens (tertiary/aromatic N) is 1. The second kappa shape index (κ2) is 4.44. The topological polar surface area (TPSA) is 74.1 Å². The van der Waals surface area contributed by atoms with Crippen LogP contribution in [0.3, 0.4) is 0 Å². The van der Waals surface area contributed by atoms with E-state index in [2.05, 4.69) is 15.3 Å². The molecule has 5 nitrogen and oxygen atoms in total. The fourth-order valence-electron chi connectivity index (χ4n) is 2.00. The maximum atomic E-state index is 9.50. The second-order valence-electron chi connectivity index (χ2n) is 4.09. The number of aromatic amines is 1. The summed E-state index contributed by atoms with van der Waals surface area (Å²) in [4.78, 5) is 7.02. The van der Waals surface area contributed by atoms with E-state index in [9.17, 15) is 5.11 Å². The van der Waals surface area contributed by atoms with Crippen molar-refractivity contribution in [3.8, 4) is 5.75 Å². The molecule has 1 aromatic carbocycles. The first-order valence-corrected chi connectivity index (χ1v) is 5.74. The highest BCUT2D eigenvalue weighted by Crippen LogP contribution is 2.23. The molecule has 3 aromatic rings. The number of hydrogen-bond acceptors (Lipinski definition) is 4. The number of oxazole rings is 1. The Balaban J connectivity index is 1.72. The minimum atomic E-state index is 0.284. The van der Waals surface area contributed by atoms with Crippen LogP contribution in [0.4, 0.5) is 5.88 Å². The lowest BCUT2D eigenvalue weighted by Crippen LogP contribution is -2.03. The Morgan fingerprint density at radius 2 is 2.33 bits per heavy atom. The molecular formula is C13H13N3O2. The monoisotopic (exact) mass is 243 g/mol. The number of phenols is 1. The van der Waals surface area contributed by atoms with Crippen molar-refractivity contribution >= 4 is 16.8 Å². The van der Waals surface area contributed by atoms with Crippen LogP contribution in [0.5, 0.6) is 5.75 Å². The number of anilines is 1. The Labute approximate surface area is 103 Å². The van der Waals surface area contributed by atoms with Gasteiger partial charge in [0.15, 0.2) is 6.39 Å². The molecular weight excluding hydrogens is 230 g/mol. The summed E-state index contributed by atoms with van der Waals surface area (Å²) in [7, 11) is 0. The molecule has 0 aliphatic heterocycles. The summed E-state index contributed by atoms with van der Waals surface area (Å²) in [6.07, 6.45) is 5.84. The highest BCUT2D eigenvalue weighted by Gasteiger charge is 2.04. The van der Waals surface area contributed by atoms with E-state index in [0.717, 1.165) is 29.4 Å². The van der Waals surface area contributed by atoms with E-state index < -0.39 is 0 Å². The minimum Gasteiger partial charge on any atom is -0.508 e. The molecule has 2 aromatic heterocycles. The van der Waals surface area contributed by atoms with Crippen LogP contribution in [0, 0.1) is 0 Å². The molecule has 0 atom stereocenters. The van der Waals surface area contributed by atoms with Crippen molar-refractivity contribution in [2.45, 2.75) is 6.42 Å². The van der Waals surface area contributed by atoms with Crippen LogP contribution < -0.4 is 5.32 Å². The Morgan fingerprint density at radius 1 is 1.39 bits per heavy atom. The fraction of sp³-hybridized carbons (Fsp3) is 0.154. The molecule has 3 rings (SSSR count). The average molecular weight is 243 g/mol. The lowest BCUT2D eigenvalue weighted by atomic mass is 10.1. The maximum absolute atomic E-state index is 9.50. The third-order valence-corrected chi connectivity index (χ3v) is 2.88. The van der Waals surface area contributed by atoms with Gasteiger partial charge in [0.2, 0.25) is 5.88 Å². The quantitative estimate of drug-likeness (QED) is 0.658. The van der Waals surface area contributed by atoms with Gasteiger partial charge in [-0.2, -0.15) is 0 Å². The van der Waals surface area contributed by atoms with E-state index in [0.29, 0.717) is 5.88 Å². The maximum Gasteiger partial charge on any atom is 0.213 e. The van der Waals surface area contributed by atoms with Gasteiger partial charge in [-0.25, -0.2) is 4.98 Å². The molecule has 0 saturated heterocycles. The summed E-state index contributed by atoms with van der Waals surface area (Å²) in [5.74, 6) is 0.948. The first-order valence-electron chi connectivity index (χ1n) is 5.74. The van der Waals surface area contributed by atoms with Crippen molar-refractivity contribution in [2.24, 2.45) is 0 Å². The highest BCUT2D eigenvalue weighted by molar-refractivity contribution is 5.84. The largest absolute Gasteiger partial charge is 0.508 e. The van der Waals surface area contributed by atoms with E-state index in [1.165, 1.54) is 6.39 Å². The van der Waals surface area contributed by atoms with E-state index >= 15 is 0 Å². The molecule has 0 radical (unpaired) electrons. The normalized spacial score (nSPS) is 10.9. The number of aromatic nitrogens is 2. The molecule has 2 heterocycles. The third kappa shape index (κ3) is 2.02. The first kappa shape index (κ1) is 10.7. The van der Waals surface area contributed by atoms with E-state index in [-0.39, 0.29) is 5.75 Å². The summed E-state index contributed by atoms with van der Waals surface area (Å²) >= 11 is 0. The van der Waals surface area contributed by atoms with E-state index in [4.69, 9.17) is 4.42 Å². The van der Waals surface area contributed by atoms with Crippen molar-refractivity contribution in [1.82, 2.24) is 9.97 Å². The number of aromatic hydroxyl groups is 1. The molecule has 5 heteroatoms. The number of fused-ring (bicyclic) bond motifs is 1. The van der Waals surface area contributed by atoms with Gasteiger partial charge < -0.3 is 19.8 Å². The van der Waals surface area contributed by atoms with Gasteiger partial charge in [-0.1, -0.05) is 0 Å². The van der Waals surface area contributed by atoms with Gasteiger partial charge in [0.25, 0.3) is 0 Å². The molecule has 0 aliphatic carbocycles. The standard InChI is InChI=1S/C13H13N3O2/c17-10-1-2-12-11(5-10)9(6-16-12)3-4-15-13-7-14-8-18-13/h1-2,5-8,15-17H,3-4H2. The smallest absolute Gasteiger partial charge is 0.213 e. The van der Waals surface area contributed by atoms with Gasteiger partial charge in [-0.3, -0.25) is 0 Å². The van der Waals surface area contributed by atoms with Gasteiger partial charge in [-0.15, -0.1) is 0 Å². The highest BCUT2D eigenvalue weighted by atomic mass is 16.4. The summed E-state index contributed by atoms with van der Waals surface area (Å²) in [6.45, 7) is 0.748. The Morgan fingerprint density at radius 3 is 3.17 bits per heavy atom. The van der Waals surface area contributed by atoms with Crippen molar-refractivity contribution < 1.29 is 9.52 Å². The number of hydrogen-bond donors (Lipinski definition) is 3. The molecule has 3 N–H and O–H groups in total. The predicted molar refractivity (Wildman–Crippen MR) is 68.7 cm³/mol. The molecule has 0 bridgehead atoms. The van der Waals surface area contributed by atoms with Gasteiger partial charge in [0, 0.05) is 23.6 Å². The fourth-order valence-corrected chi connectivity index (χ4v) is 2.00. The molecule has 0 aliphatic rings.